The van der Waals surface area contributed by atoms with Crippen molar-refractivity contribution in [2.75, 3.05) is 6.16 Å². The Balaban J connectivity index is -0.000000120. The molecule has 0 aromatic rings. The van der Waals surface area contributed by atoms with Crippen LogP contribution in [-0.4, -0.2) is 15.9 Å². The van der Waals surface area contributed by atoms with Gasteiger partial charge in [-0.2, -0.15) is 0 Å². The second-order valence-electron chi connectivity index (χ2n) is 3.22. The Morgan fingerprint density at radius 2 is 1.53 bits per heavy atom. The van der Waals surface area contributed by atoms with Crippen LogP contribution in [0.5, 0.6) is 0 Å². The van der Waals surface area contributed by atoms with Gasteiger partial charge in [-0.1, -0.05) is 39.0 Å². The summed E-state index contributed by atoms with van der Waals surface area (Å²) in [6, 6.07) is 0. The fraction of sp³-hybridized carbons (Fsp3) is 1.00. The average Bonchev–Trinajstić information content (AvgIpc) is 2.01. The maximum atomic E-state index is 10.5. The normalized spacial score (nSPS) is 11.1. The molecule has 2 N–H and O–H groups in total. The first-order valence-electron chi connectivity index (χ1n) is 4.87. The second-order valence-corrected chi connectivity index (χ2v) is 7.82. The van der Waals surface area contributed by atoms with Crippen molar-refractivity contribution in [2.24, 2.45) is 0 Å². The minimum atomic E-state index is -3.70. The first-order chi connectivity index (χ1) is 6.06. The van der Waals surface area contributed by atoms with Crippen LogP contribution in [0.2, 0.25) is 0 Å². The van der Waals surface area contributed by atoms with E-state index >= 15 is 0 Å². The molecule has 0 heterocycles. The molecule has 0 bridgehead atoms. The topological polar surface area (TPSA) is 57.5 Å². The van der Waals surface area contributed by atoms with Crippen molar-refractivity contribution < 1.29 is 120 Å². The van der Waals surface area contributed by atoms with Gasteiger partial charge in [0.15, 0.2) is 0 Å². The molecule has 0 aromatic heterocycles. The zero-order chi connectivity index (χ0) is 10.2. The fourth-order valence-corrected chi connectivity index (χ4v) is 3.18. The summed E-state index contributed by atoms with van der Waals surface area (Å²) < 4.78 is 10.5. The quantitative estimate of drug-likeness (QED) is 0.293. The number of hydrogen-bond acceptors (Lipinski definition) is 1. The first-order valence-corrected chi connectivity index (χ1v) is 8.53. The van der Waals surface area contributed by atoms with Crippen LogP contribution in [-0.2, 0) is 4.57 Å². The predicted octanol–water partition coefficient (Wildman–Crippen LogP) is -2.65. The molecule has 0 aromatic carbocycles. The molecule has 0 fully saturated rings. The average molecular weight is 306 g/mol. The Hall–Kier alpha value is 3.85. The van der Waals surface area contributed by atoms with Crippen LogP contribution in [0.15, 0.2) is 0 Å². The zero-order valence-electron chi connectivity index (χ0n) is 12.2. The maximum Gasteiger partial charge on any atom is 1.00 e. The van der Waals surface area contributed by atoms with E-state index in [4.69, 9.17) is 9.79 Å². The van der Waals surface area contributed by atoms with E-state index < -0.39 is 7.28 Å². The summed E-state index contributed by atoms with van der Waals surface area (Å²) in [6.07, 6.45) is 7.76. The van der Waals surface area contributed by atoms with E-state index in [0.717, 1.165) is 12.8 Å². The Morgan fingerprint density at radius 1 is 1.07 bits per heavy atom. The Labute approximate surface area is 183 Å². The third-order valence-corrected chi connectivity index (χ3v) is 4.74. The van der Waals surface area contributed by atoms with E-state index in [9.17, 15) is 4.57 Å². The van der Waals surface area contributed by atoms with Gasteiger partial charge in [0.1, 0.15) is 0 Å². The Morgan fingerprint density at radius 3 is 2.00 bits per heavy atom. The van der Waals surface area contributed by atoms with Crippen LogP contribution in [0.1, 0.15) is 48.3 Å². The van der Waals surface area contributed by atoms with Crippen molar-refractivity contribution in [3.8, 4) is 0 Å². The Kier molecular flexibility index (Phi) is 25.4. The number of hydrogen-bond donors (Lipinski definition) is 2. The molecular weight excluding hydrogens is 284 g/mol. The smallest absolute Gasteiger partial charge is 1.00 e. The number of rotatable bonds is 8. The summed E-state index contributed by atoms with van der Waals surface area (Å²) in [7, 11) is -3.88. The van der Waals surface area contributed by atoms with Crippen LogP contribution in [0, 0.1) is 0 Å². The standard InChI is InChI=1S/C8H20O3P2.2K.2H/c1-2-3-4-5-6-7-8-12-13(9,10)11;;;;/h12H,2-8H2,1H3,(H2,9,10,11);;;;/q;2*+1;2*-1. The van der Waals surface area contributed by atoms with Gasteiger partial charge in [-0.15, -0.1) is 0 Å². The SMILES string of the molecule is CCCCCCCCPP(=O)(O)O.[H-].[H-].[K+].[K+]. The van der Waals surface area contributed by atoms with Crippen molar-refractivity contribution in [1.29, 1.82) is 0 Å². The number of unbranched alkanes of at least 4 members (excludes halogenated alkanes) is 5. The first kappa shape index (κ1) is 23.9. The molecule has 3 nitrogen and oxygen atoms in total. The molecule has 0 radical (unpaired) electrons. The summed E-state index contributed by atoms with van der Waals surface area (Å²) in [5, 5.41) is 0. The molecule has 0 aliphatic rings. The summed E-state index contributed by atoms with van der Waals surface area (Å²) >= 11 is 0. The van der Waals surface area contributed by atoms with E-state index in [-0.39, 0.29) is 114 Å². The molecule has 1 unspecified atom stereocenters. The van der Waals surface area contributed by atoms with Crippen molar-refractivity contribution in [2.45, 2.75) is 45.4 Å². The van der Waals surface area contributed by atoms with Crippen LogP contribution < -0.4 is 103 Å². The van der Waals surface area contributed by atoms with Gasteiger partial charge in [-0.05, 0) is 12.6 Å². The summed E-state index contributed by atoms with van der Waals surface area (Å²) in [4.78, 5) is 17.2. The van der Waals surface area contributed by atoms with Gasteiger partial charge in [0, 0.05) is 8.27 Å². The molecule has 0 aliphatic carbocycles. The van der Waals surface area contributed by atoms with Gasteiger partial charge in [-0.25, -0.2) is 0 Å². The van der Waals surface area contributed by atoms with E-state index in [1.807, 2.05) is 0 Å². The maximum absolute atomic E-state index is 10.5. The van der Waals surface area contributed by atoms with Crippen LogP contribution in [0.3, 0.4) is 0 Å². The molecule has 7 heteroatoms. The monoisotopic (exact) mass is 306 g/mol. The van der Waals surface area contributed by atoms with Crippen LogP contribution >= 0.6 is 15.6 Å². The minimum Gasteiger partial charge on any atom is -1.00 e. The summed E-state index contributed by atoms with van der Waals surface area (Å²) in [5.74, 6) is 0. The predicted molar refractivity (Wildman–Crippen MR) is 60.8 cm³/mol. The largest absolute Gasteiger partial charge is 1.00 e. The molecule has 84 valence electrons. The van der Waals surface area contributed by atoms with Crippen molar-refractivity contribution in [3.05, 3.63) is 0 Å². The van der Waals surface area contributed by atoms with Gasteiger partial charge in [0.25, 0.3) is 0 Å². The molecule has 0 spiro atoms. The molecule has 0 saturated heterocycles. The van der Waals surface area contributed by atoms with Gasteiger partial charge in [0.2, 0.25) is 0 Å². The molecular formula is C8H22K2O3P2. The van der Waals surface area contributed by atoms with Crippen LogP contribution in [0.25, 0.3) is 0 Å². The molecule has 0 aliphatic heterocycles. The van der Waals surface area contributed by atoms with Crippen LogP contribution in [0.4, 0.5) is 0 Å². The molecule has 0 saturated carbocycles. The molecule has 15 heavy (non-hydrogen) atoms. The zero-order valence-corrected chi connectivity index (χ0v) is 18.3. The van der Waals surface area contributed by atoms with Gasteiger partial charge < -0.3 is 12.6 Å². The van der Waals surface area contributed by atoms with Crippen molar-refractivity contribution in [3.63, 3.8) is 0 Å². The summed E-state index contributed by atoms with van der Waals surface area (Å²) in [5.41, 5.74) is 0. The van der Waals surface area contributed by atoms with E-state index in [0.29, 0.717) is 6.16 Å². The molecule has 1 atom stereocenters. The van der Waals surface area contributed by atoms with Gasteiger partial charge >= 0.3 is 110 Å². The van der Waals surface area contributed by atoms with Gasteiger partial charge in [0.05, 0.1) is 0 Å². The van der Waals surface area contributed by atoms with Crippen molar-refractivity contribution in [1.82, 2.24) is 0 Å². The minimum absolute atomic E-state index is 0. The van der Waals surface area contributed by atoms with Gasteiger partial charge in [-0.3, -0.25) is 4.57 Å². The fourth-order valence-electron chi connectivity index (χ4n) is 1.13. The molecule has 0 rings (SSSR count). The summed E-state index contributed by atoms with van der Waals surface area (Å²) in [6.45, 7) is 2.18. The van der Waals surface area contributed by atoms with E-state index in [1.54, 1.807) is 0 Å². The van der Waals surface area contributed by atoms with Crippen molar-refractivity contribution >= 4 is 15.6 Å². The third kappa shape index (κ3) is 23.4. The second kappa shape index (κ2) is 15.9. The van der Waals surface area contributed by atoms with E-state index in [1.165, 1.54) is 25.7 Å². The van der Waals surface area contributed by atoms with E-state index in [2.05, 4.69) is 6.92 Å². The Bertz CT molecular complexity index is 173. The molecule has 0 amide bonds. The third-order valence-electron chi connectivity index (χ3n) is 1.85.